The van der Waals surface area contributed by atoms with Gasteiger partial charge in [-0.25, -0.2) is 0 Å². The first-order valence-corrected chi connectivity index (χ1v) is 19.2. The zero-order valence-electron chi connectivity index (χ0n) is 30.7. The van der Waals surface area contributed by atoms with E-state index in [4.69, 9.17) is 0 Å². The first kappa shape index (κ1) is 39.8. The Bertz CT molecular complexity index is 1250. The average molecular weight is 709 g/mol. The minimum absolute atomic E-state index is 0.508. The number of nitrogens with zero attached hydrogens (tertiary/aromatic N) is 4. The second-order valence-corrected chi connectivity index (χ2v) is 14.6. The van der Waals surface area contributed by atoms with Crippen molar-refractivity contribution in [2.24, 2.45) is 0 Å². The summed E-state index contributed by atoms with van der Waals surface area (Å²) < 4.78 is 0. The fourth-order valence-corrected chi connectivity index (χ4v) is 7.30. The molecule has 0 spiro atoms. The van der Waals surface area contributed by atoms with Crippen LogP contribution < -0.4 is 0 Å². The summed E-state index contributed by atoms with van der Waals surface area (Å²) in [6.45, 7) is 8.20. The molecule has 4 aromatic rings. The smallest absolute Gasteiger partial charge is 0.0707 e. The van der Waals surface area contributed by atoms with Crippen molar-refractivity contribution in [3.05, 3.63) is 144 Å². The van der Waals surface area contributed by atoms with Crippen molar-refractivity contribution in [3.63, 3.8) is 0 Å². The summed E-state index contributed by atoms with van der Waals surface area (Å²) in [7, 11) is 0. The highest BCUT2D eigenvalue weighted by molar-refractivity contribution is 5.18. The van der Waals surface area contributed by atoms with Crippen LogP contribution >= 0.6 is 0 Å². The molecule has 0 aliphatic carbocycles. The van der Waals surface area contributed by atoms with Gasteiger partial charge in [-0.15, -0.1) is 0 Å². The number of rotatable bonds is 16. The van der Waals surface area contributed by atoms with Gasteiger partial charge in [0.15, 0.2) is 0 Å². The van der Waals surface area contributed by atoms with Crippen molar-refractivity contribution in [3.8, 4) is 0 Å². The van der Waals surface area contributed by atoms with Crippen LogP contribution in [0.3, 0.4) is 0 Å². The Hall–Kier alpha value is -3.44. The molecular formula is C44H60N4O4. The lowest BCUT2D eigenvalue weighted by Gasteiger charge is -2.36. The molecule has 0 amide bonds. The minimum atomic E-state index is -0.508. The van der Waals surface area contributed by atoms with Gasteiger partial charge in [-0.2, -0.15) is 0 Å². The molecular weight excluding hydrogens is 649 g/mol. The van der Waals surface area contributed by atoms with Crippen LogP contribution in [-0.2, 0) is 25.7 Å². The van der Waals surface area contributed by atoms with Gasteiger partial charge >= 0.3 is 0 Å². The van der Waals surface area contributed by atoms with E-state index in [9.17, 15) is 20.4 Å². The Labute approximate surface area is 311 Å². The maximum atomic E-state index is 11.2. The summed E-state index contributed by atoms with van der Waals surface area (Å²) in [5.74, 6) is 0. The van der Waals surface area contributed by atoms with Crippen LogP contribution in [0, 0.1) is 0 Å². The number of aliphatic hydroxyl groups excluding tert-OH is 4. The second kappa shape index (κ2) is 21.9. The number of hydrogen-bond acceptors (Lipinski definition) is 8. The van der Waals surface area contributed by atoms with Gasteiger partial charge in [0, 0.05) is 78.5 Å². The molecule has 1 saturated heterocycles. The van der Waals surface area contributed by atoms with Gasteiger partial charge in [-0.3, -0.25) is 19.6 Å². The van der Waals surface area contributed by atoms with E-state index in [1.165, 1.54) is 0 Å². The molecule has 0 radical (unpaired) electrons. The Balaban J connectivity index is 1.30. The average Bonchev–Trinajstić information content (AvgIpc) is 3.14. The maximum absolute atomic E-state index is 11.2. The standard InChI is InChI=1S/C44H60N4O4/c49-41(29-37-13-5-1-6-14-37)33-45-21-23-46(34-42(50)30-38-15-7-2-8-16-38)25-27-48(36-44(52)32-40-19-11-4-12-20-40)28-26-47(24-22-45)35-43(51)31-39-17-9-3-10-18-39/h1-20,41-44,49-52H,21-36H2/t41-,42-,43-,44-/m1/s1. The lowest BCUT2D eigenvalue weighted by Crippen LogP contribution is -2.50. The molecule has 4 atom stereocenters. The highest BCUT2D eigenvalue weighted by atomic mass is 16.3. The molecule has 0 saturated carbocycles. The van der Waals surface area contributed by atoms with Gasteiger partial charge in [-0.05, 0) is 47.9 Å². The van der Waals surface area contributed by atoms with Crippen LogP contribution in [0.25, 0.3) is 0 Å². The van der Waals surface area contributed by atoms with Gasteiger partial charge < -0.3 is 20.4 Å². The molecule has 4 aromatic carbocycles. The van der Waals surface area contributed by atoms with E-state index in [1.54, 1.807) is 0 Å². The highest BCUT2D eigenvalue weighted by Gasteiger charge is 2.22. The number of benzene rings is 4. The monoisotopic (exact) mass is 708 g/mol. The van der Waals surface area contributed by atoms with Crippen molar-refractivity contribution in [1.29, 1.82) is 0 Å². The lowest BCUT2D eigenvalue weighted by atomic mass is 10.1. The van der Waals surface area contributed by atoms with Gasteiger partial charge in [0.2, 0.25) is 0 Å². The Morgan fingerprint density at radius 3 is 0.654 bits per heavy atom. The van der Waals surface area contributed by atoms with Crippen LogP contribution in [0.2, 0.25) is 0 Å². The molecule has 52 heavy (non-hydrogen) atoms. The molecule has 0 aromatic heterocycles. The molecule has 280 valence electrons. The van der Waals surface area contributed by atoms with Crippen LogP contribution in [-0.4, -0.2) is 143 Å². The van der Waals surface area contributed by atoms with E-state index in [2.05, 4.69) is 68.1 Å². The zero-order valence-corrected chi connectivity index (χ0v) is 30.7. The Morgan fingerprint density at radius 1 is 0.308 bits per heavy atom. The lowest BCUT2D eigenvalue weighted by molar-refractivity contribution is 0.0490. The van der Waals surface area contributed by atoms with Crippen molar-refractivity contribution < 1.29 is 20.4 Å². The molecule has 1 heterocycles. The molecule has 5 rings (SSSR count). The van der Waals surface area contributed by atoms with Gasteiger partial charge in [0.25, 0.3) is 0 Å². The maximum Gasteiger partial charge on any atom is 0.0707 e. The predicted molar refractivity (Wildman–Crippen MR) is 210 cm³/mol. The van der Waals surface area contributed by atoms with Crippen molar-refractivity contribution in [2.45, 2.75) is 50.1 Å². The SMILES string of the molecule is O[C@H](Cc1ccccc1)CN1CCN(C[C@H](O)Cc2ccccc2)CCN(C[C@H](O)Cc2ccccc2)CCN(C[C@H](O)Cc2ccccc2)CC1. The fourth-order valence-electron chi connectivity index (χ4n) is 7.30. The predicted octanol–water partition coefficient (Wildman–Crippen LogP) is 3.62. The summed E-state index contributed by atoms with van der Waals surface area (Å²) in [5, 5.41) is 45.0. The van der Waals surface area contributed by atoms with E-state index in [-0.39, 0.29) is 0 Å². The molecule has 8 heteroatoms. The molecule has 8 nitrogen and oxygen atoms in total. The van der Waals surface area contributed by atoms with E-state index >= 15 is 0 Å². The van der Waals surface area contributed by atoms with Gasteiger partial charge in [0.05, 0.1) is 24.4 Å². The number of hydrogen-bond donors (Lipinski definition) is 4. The molecule has 1 aliphatic rings. The van der Waals surface area contributed by atoms with E-state index in [0.29, 0.717) is 51.9 Å². The summed E-state index contributed by atoms with van der Waals surface area (Å²) in [4.78, 5) is 9.40. The minimum Gasteiger partial charge on any atom is -0.391 e. The van der Waals surface area contributed by atoms with Crippen LogP contribution in [0.4, 0.5) is 0 Å². The summed E-state index contributed by atoms with van der Waals surface area (Å²) in [6, 6.07) is 40.6. The fraction of sp³-hybridized carbons (Fsp3) is 0.455. The topological polar surface area (TPSA) is 93.9 Å². The zero-order chi connectivity index (χ0) is 36.4. The van der Waals surface area contributed by atoms with E-state index < -0.39 is 24.4 Å². The summed E-state index contributed by atoms with van der Waals surface area (Å²) in [5.41, 5.74) is 4.48. The third-order valence-electron chi connectivity index (χ3n) is 10.1. The van der Waals surface area contributed by atoms with Crippen LogP contribution in [0.1, 0.15) is 22.3 Å². The first-order valence-electron chi connectivity index (χ1n) is 19.2. The van der Waals surface area contributed by atoms with E-state index in [1.807, 2.05) is 72.8 Å². The van der Waals surface area contributed by atoms with Gasteiger partial charge in [-0.1, -0.05) is 121 Å². The third kappa shape index (κ3) is 14.9. The van der Waals surface area contributed by atoms with Gasteiger partial charge in [0.1, 0.15) is 0 Å². The van der Waals surface area contributed by atoms with Crippen molar-refractivity contribution in [2.75, 3.05) is 78.5 Å². The highest BCUT2D eigenvalue weighted by Crippen LogP contribution is 2.12. The number of aliphatic hydroxyl groups is 4. The Morgan fingerprint density at radius 2 is 0.481 bits per heavy atom. The third-order valence-corrected chi connectivity index (χ3v) is 10.1. The van der Waals surface area contributed by atoms with Crippen LogP contribution in [0.5, 0.6) is 0 Å². The van der Waals surface area contributed by atoms with Crippen molar-refractivity contribution >= 4 is 0 Å². The Kier molecular flexibility index (Phi) is 16.8. The van der Waals surface area contributed by atoms with Crippen molar-refractivity contribution in [1.82, 2.24) is 19.6 Å². The first-order chi connectivity index (χ1) is 25.4. The van der Waals surface area contributed by atoms with Crippen LogP contribution in [0.15, 0.2) is 121 Å². The molecule has 4 N–H and O–H groups in total. The summed E-state index contributed by atoms with van der Waals surface area (Å²) >= 11 is 0. The normalized spacial score (nSPS) is 18.5. The largest absolute Gasteiger partial charge is 0.391 e. The second-order valence-electron chi connectivity index (χ2n) is 14.6. The summed E-state index contributed by atoms with van der Waals surface area (Å²) in [6.07, 6.45) is 0.343. The molecule has 1 aliphatic heterocycles. The number of β-amino-alcohol motifs (C(OH)–C–C–N with tert-alkyl or cyclic N) is 4. The quantitative estimate of drug-likeness (QED) is 0.140. The van der Waals surface area contributed by atoms with E-state index in [0.717, 1.165) is 74.6 Å². The molecule has 0 unspecified atom stereocenters. The molecule has 0 bridgehead atoms. The molecule has 1 fully saturated rings.